The van der Waals surface area contributed by atoms with Crippen LogP contribution in [0.4, 0.5) is 10.1 Å². The highest BCUT2D eigenvalue weighted by atomic mass is 19.1. The minimum Gasteiger partial charge on any atom is -0.462 e. The SMILES string of the molecule is CCOC(=O)c1ccc(NC(=O)CCNCCc2ccc(F)cc2)cc1. The zero-order valence-corrected chi connectivity index (χ0v) is 14.8. The number of amides is 1. The lowest BCUT2D eigenvalue weighted by Gasteiger charge is -2.08. The van der Waals surface area contributed by atoms with Gasteiger partial charge in [0.15, 0.2) is 0 Å². The largest absolute Gasteiger partial charge is 0.462 e. The van der Waals surface area contributed by atoms with Crippen LogP contribution in [0.1, 0.15) is 29.3 Å². The summed E-state index contributed by atoms with van der Waals surface area (Å²) in [5.74, 6) is -0.729. The summed E-state index contributed by atoms with van der Waals surface area (Å²) in [6.45, 7) is 3.34. The first kappa shape index (κ1) is 19.6. The summed E-state index contributed by atoms with van der Waals surface area (Å²) in [7, 11) is 0. The van der Waals surface area contributed by atoms with E-state index in [-0.39, 0.29) is 17.7 Å². The Hall–Kier alpha value is -2.73. The van der Waals surface area contributed by atoms with Crippen LogP contribution >= 0.6 is 0 Å². The number of hydrogen-bond donors (Lipinski definition) is 2. The number of benzene rings is 2. The Labute approximate surface area is 152 Å². The molecule has 0 spiro atoms. The topological polar surface area (TPSA) is 67.4 Å². The number of ether oxygens (including phenoxy) is 1. The molecule has 26 heavy (non-hydrogen) atoms. The standard InChI is InChI=1S/C20H23FN2O3/c1-2-26-20(25)16-5-9-18(10-6-16)23-19(24)12-14-22-13-11-15-3-7-17(21)8-4-15/h3-10,22H,2,11-14H2,1H3,(H,23,24). The number of anilines is 1. The second kappa shape index (κ2) is 10.3. The Bertz CT molecular complexity index is 715. The number of hydrogen-bond acceptors (Lipinski definition) is 4. The molecular formula is C20H23FN2O3. The predicted octanol–water partition coefficient (Wildman–Crippen LogP) is 3.16. The molecule has 1 amide bonds. The fourth-order valence-electron chi connectivity index (χ4n) is 2.34. The van der Waals surface area contributed by atoms with E-state index in [1.807, 2.05) is 0 Å². The summed E-state index contributed by atoms with van der Waals surface area (Å²) in [6, 6.07) is 13.0. The Kier molecular flexibility index (Phi) is 7.76. The van der Waals surface area contributed by atoms with Gasteiger partial charge in [0.2, 0.25) is 5.91 Å². The summed E-state index contributed by atoms with van der Waals surface area (Å²) < 4.78 is 17.7. The van der Waals surface area contributed by atoms with E-state index in [1.54, 1.807) is 43.3 Å². The first-order valence-corrected chi connectivity index (χ1v) is 8.60. The van der Waals surface area contributed by atoms with Crippen LogP contribution in [0.5, 0.6) is 0 Å². The average molecular weight is 358 g/mol. The molecule has 0 aromatic heterocycles. The van der Waals surface area contributed by atoms with Crippen LogP contribution in [-0.2, 0) is 16.0 Å². The smallest absolute Gasteiger partial charge is 0.338 e. The number of rotatable bonds is 9. The van der Waals surface area contributed by atoms with Crippen molar-refractivity contribution in [1.29, 1.82) is 0 Å². The highest BCUT2D eigenvalue weighted by Crippen LogP contribution is 2.11. The number of nitrogens with one attached hydrogen (secondary N) is 2. The lowest BCUT2D eigenvalue weighted by Crippen LogP contribution is -2.23. The van der Waals surface area contributed by atoms with Crippen molar-refractivity contribution < 1.29 is 18.7 Å². The predicted molar refractivity (Wildman–Crippen MR) is 98.6 cm³/mol. The van der Waals surface area contributed by atoms with Crippen molar-refractivity contribution in [1.82, 2.24) is 5.32 Å². The third-order valence-electron chi connectivity index (χ3n) is 3.71. The van der Waals surface area contributed by atoms with Gasteiger partial charge in [-0.05, 0) is 61.9 Å². The van der Waals surface area contributed by atoms with Crippen molar-refractivity contribution in [3.8, 4) is 0 Å². The van der Waals surface area contributed by atoms with Crippen LogP contribution in [0.2, 0.25) is 0 Å². The lowest BCUT2D eigenvalue weighted by molar-refractivity contribution is -0.116. The summed E-state index contributed by atoms with van der Waals surface area (Å²) in [5, 5.41) is 5.97. The van der Waals surface area contributed by atoms with Crippen molar-refractivity contribution in [3.63, 3.8) is 0 Å². The second-order valence-electron chi connectivity index (χ2n) is 5.72. The molecule has 0 aliphatic heterocycles. The van der Waals surface area contributed by atoms with E-state index >= 15 is 0 Å². The molecule has 0 unspecified atom stereocenters. The van der Waals surface area contributed by atoms with Crippen LogP contribution in [0.25, 0.3) is 0 Å². The highest BCUT2D eigenvalue weighted by molar-refractivity contribution is 5.93. The minimum atomic E-state index is -0.379. The molecule has 0 heterocycles. The van der Waals surface area contributed by atoms with Gasteiger partial charge in [-0.25, -0.2) is 9.18 Å². The van der Waals surface area contributed by atoms with Gasteiger partial charge in [0, 0.05) is 18.7 Å². The fraction of sp³-hybridized carbons (Fsp3) is 0.300. The molecule has 0 saturated heterocycles. The van der Waals surface area contributed by atoms with Crippen LogP contribution in [0.15, 0.2) is 48.5 Å². The second-order valence-corrected chi connectivity index (χ2v) is 5.72. The van der Waals surface area contributed by atoms with Gasteiger partial charge in [0.05, 0.1) is 12.2 Å². The van der Waals surface area contributed by atoms with Crippen molar-refractivity contribution in [2.75, 3.05) is 25.0 Å². The zero-order valence-electron chi connectivity index (χ0n) is 14.8. The van der Waals surface area contributed by atoms with Gasteiger partial charge in [-0.15, -0.1) is 0 Å². The molecule has 138 valence electrons. The number of carbonyl (C=O) groups is 2. The van der Waals surface area contributed by atoms with E-state index < -0.39 is 0 Å². The van der Waals surface area contributed by atoms with Crippen LogP contribution in [0.3, 0.4) is 0 Å². The van der Waals surface area contributed by atoms with Gasteiger partial charge in [-0.1, -0.05) is 12.1 Å². The number of carbonyl (C=O) groups excluding carboxylic acids is 2. The molecule has 0 atom stereocenters. The number of esters is 1. The van der Waals surface area contributed by atoms with Gasteiger partial charge < -0.3 is 15.4 Å². The van der Waals surface area contributed by atoms with Crippen molar-refractivity contribution in [2.45, 2.75) is 19.8 Å². The first-order valence-electron chi connectivity index (χ1n) is 8.60. The lowest BCUT2D eigenvalue weighted by atomic mass is 10.1. The fourth-order valence-corrected chi connectivity index (χ4v) is 2.34. The normalized spacial score (nSPS) is 10.4. The molecular weight excluding hydrogens is 335 g/mol. The molecule has 2 aromatic rings. The molecule has 0 fully saturated rings. The molecule has 6 heteroatoms. The Morgan fingerprint density at radius 3 is 2.35 bits per heavy atom. The van der Waals surface area contributed by atoms with Gasteiger partial charge in [-0.3, -0.25) is 4.79 Å². The minimum absolute atomic E-state index is 0.108. The zero-order chi connectivity index (χ0) is 18.8. The Morgan fingerprint density at radius 2 is 1.69 bits per heavy atom. The molecule has 5 nitrogen and oxygen atoms in total. The molecule has 0 aliphatic rings. The summed E-state index contributed by atoms with van der Waals surface area (Å²) in [4.78, 5) is 23.5. The van der Waals surface area contributed by atoms with Gasteiger partial charge in [0.1, 0.15) is 5.82 Å². The Balaban J connectivity index is 1.65. The van der Waals surface area contributed by atoms with E-state index in [0.717, 1.165) is 12.0 Å². The van der Waals surface area contributed by atoms with E-state index in [4.69, 9.17) is 4.74 Å². The van der Waals surface area contributed by atoms with Crippen LogP contribution in [0, 0.1) is 5.82 Å². The maximum absolute atomic E-state index is 12.8. The van der Waals surface area contributed by atoms with Gasteiger partial charge in [-0.2, -0.15) is 0 Å². The van der Waals surface area contributed by atoms with Gasteiger partial charge in [0.25, 0.3) is 0 Å². The van der Waals surface area contributed by atoms with Crippen LogP contribution < -0.4 is 10.6 Å². The highest BCUT2D eigenvalue weighted by Gasteiger charge is 2.07. The molecule has 0 bridgehead atoms. The molecule has 2 rings (SSSR count). The molecule has 0 aliphatic carbocycles. The van der Waals surface area contributed by atoms with Gasteiger partial charge >= 0.3 is 5.97 Å². The molecule has 2 N–H and O–H groups in total. The van der Waals surface area contributed by atoms with E-state index in [2.05, 4.69) is 10.6 Å². The summed E-state index contributed by atoms with van der Waals surface area (Å²) in [6.07, 6.45) is 1.11. The molecule has 0 radical (unpaired) electrons. The number of halogens is 1. The summed E-state index contributed by atoms with van der Waals surface area (Å²) >= 11 is 0. The van der Waals surface area contributed by atoms with Crippen molar-refractivity contribution in [2.24, 2.45) is 0 Å². The van der Waals surface area contributed by atoms with E-state index in [1.165, 1.54) is 12.1 Å². The monoisotopic (exact) mass is 358 g/mol. The first-order chi connectivity index (χ1) is 12.6. The maximum Gasteiger partial charge on any atom is 0.338 e. The third kappa shape index (κ3) is 6.64. The maximum atomic E-state index is 12.8. The Morgan fingerprint density at radius 1 is 1.00 bits per heavy atom. The van der Waals surface area contributed by atoms with Crippen molar-refractivity contribution in [3.05, 3.63) is 65.5 Å². The quantitative estimate of drug-likeness (QED) is 0.534. The molecule has 0 saturated carbocycles. The van der Waals surface area contributed by atoms with E-state index in [9.17, 15) is 14.0 Å². The molecule has 2 aromatic carbocycles. The average Bonchev–Trinajstić information content (AvgIpc) is 2.64. The summed E-state index contributed by atoms with van der Waals surface area (Å²) in [5.41, 5.74) is 2.13. The van der Waals surface area contributed by atoms with Crippen molar-refractivity contribution >= 4 is 17.6 Å². The third-order valence-corrected chi connectivity index (χ3v) is 3.71. The van der Waals surface area contributed by atoms with E-state index in [0.29, 0.717) is 37.4 Å². The van der Waals surface area contributed by atoms with Crippen LogP contribution in [-0.4, -0.2) is 31.6 Å².